The summed E-state index contributed by atoms with van der Waals surface area (Å²) in [5.74, 6) is 1.04. The first kappa shape index (κ1) is 13.6. The fourth-order valence-electron chi connectivity index (χ4n) is 1.26. The SMILES string of the molecule is CCOC(=O)c1ccc(OCC(C)CC)cc1. The molecule has 1 atom stereocenters. The van der Waals surface area contributed by atoms with Crippen LogP contribution in [0.25, 0.3) is 0 Å². The Hall–Kier alpha value is -1.51. The third kappa shape index (κ3) is 4.47. The van der Waals surface area contributed by atoms with Crippen molar-refractivity contribution >= 4 is 5.97 Å². The highest BCUT2D eigenvalue weighted by Gasteiger charge is 2.06. The number of rotatable bonds is 6. The normalized spacial score (nSPS) is 11.9. The van der Waals surface area contributed by atoms with Crippen molar-refractivity contribution in [3.63, 3.8) is 0 Å². The predicted octanol–water partition coefficient (Wildman–Crippen LogP) is 3.29. The van der Waals surface area contributed by atoms with E-state index in [0.29, 0.717) is 24.7 Å². The first-order valence-electron chi connectivity index (χ1n) is 6.07. The lowest BCUT2D eigenvalue weighted by Gasteiger charge is -2.11. The molecule has 0 aliphatic carbocycles. The molecule has 0 saturated heterocycles. The smallest absolute Gasteiger partial charge is 0.338 e. The lowest BCUT2D eigenvalue weighted by molar-refractivity contribution is 0.0526. The molecule has 0 heterocycles. The molecule has 0 aromatic heterocycles. The van der Waals surface area contributed by atoms with E-state index in [1.807, 2.05) is 0 Å². The van der Waals surface area contributed by atoms with E-state index in [4.69, 9.17) is 9.47 Å². The number of carbonyl (C=O) groups is 1. The van der Waals surface area contributed by atoms with Crippen LogP contribution >= 0.6 is 0 Å². The van der Waals surface area contributed by atoms with Crippen LogP contribution in [0, 0.1) is 5.92 Å². The highest BCUT2D eigenvalue weighted by molar-refractivity contribution is 5.89. The average molecular weight is 236 g/mol. The van der Waals surface area contributed by atoms with E-state index in [-0.39, 0.29) is 5.97 Å². The standard InChI is InChI=1S/C14H20O3/c1-4-11(3)10-17-13-8-6-12(7-9-13)14(15)16-5-2/h6-9,11H,4-5,10H2,1-3H3. The molecule has 0 spiro atoms. The van der Waals surface area contributed by atoms with E-state index in [1.165, 1.54) is 0 Å². The Kier molecular flexibility index (Phi) is 5.53. The molecule has 0 fully saturated rings. The number of hydrogen-bond acceptors (Lipinski definition) is 3. The van der Waals surface area contributed by atoms with Gasteiger partial charge in [0.25, 0.3) is 0 Å². The van der Waals surface area contributed by atoms with Gasteiger partial charge in [0.15, 0.2) is 0 Å². The minimum Gasteiger partial charge on any atom is -0.493 e. The Morgan fingerprint density at radius 2 is 1.88 bits per heavy atom. The highest BCUT2D eigenvalue weighted by atomic mass is 16.5. The summed E-state index contributed by atoms with van der Waals surface area (Å²) >= 11 is 0. The van der Waals surface area contributed by atoms with Gasteiger partial charge in [-0.15, -0.1) is 0 Å². The largest absolute Gasteiger partial charge is 0.493 e. The fourth-order valence-corrected chi connectivity index (χ4v) is 1.26. The van der Waals surface area contributed by atoms with Crippen LogP contribution in [-0.2, 0) is 4.74 Å². The van der Waals surface area contributed by atoms with Gasteiger partial charge in [-0.1, -0.05) is 20.3 Å². The minimum absolute atomic E-state index is 0.291. The second-order valence-electron chi connectivity index (χ2n) is 4.07. The van der Waals surface area contributed by atoms with Crippen LogP contribution in [0.3, 0.4) is 0 Å². The van der Waals surface area contributed by atoms with Crippen molar-refractivity contribution in [3.8, 4) is 5.75 Å². The molecular weight excluding hydrogens is 216 g/mol. The summed E-state index contributed by atoms with van der Waals surface area (Å²) in [6, 6.07) is 7.05. The van der Waals surface area contributed by atoms with Gasteiger partial charge in [0.2, 0.25) is 0 Å². The Morgan fingerprint density at radius 1 is 1.24 bits per heavy atom. The van der Waals surface area contributed by atoms with Crippen molar-refractivity contribution in [1.29, 1.82) is 0 Å². The topological polar surface area (TPSA) is 35.5 Å². The zero-order chi connectivity index (χ0) is 12.7. The van der Waals surface area contributed by atoms with Crippen LogP contribution in [0.15, 0.2) is 24.3 Å². The van der Waals surface area contributed by atoms with Crippen molar-refractivity contribution in [2.24, 2.45) is 5.92 Å². The number of benzene rings is 1. The van der Waals surface area contributed by atoms with E-state index in [9.17, 15) is 4.79 Å². The van der Waals surface area contributed by atoms with E-state index in [2.05, 4.69) is 13.8 Å². The minimum atomic E-state index is -0.291. The van der Waals surface area contributed by atoms with Gasteiger partial charge in [-0.3, -0.25) is 0 Å². The molecule has 0 amide bonds. The maximum Gasteiger partial charge on any atom is 0.338 e. The van der Waals surface area contributed by atoms with Crippen LogP contribution in [0.1, 0.15) is 37.6 Å². The van der Waals surface area contributed by atoms with Gasteiger partial charge in [-0.25, -0.2) is 4.79 Å². The summed E-state index contributed by atoms with van der Waals surface area (Å²) in [4.78, 5) is 11.4. The lowest BCUT2D eigenvalue weighted by Crippen LogP contribution is -2.08. The number of ether oxygens (including phenoxy) is 2. The molecule has 0 N–H and O–H groups in total. The molecule has 1 unspecified atom stereocenters. The Balaban J connectivity index is 2.53. The molecule has 0 radical (unpaired) electrons. The van der Waals surface area contributed by atoms with Gasteiger partial charge in [0.1, 0.15) is 5.75 Å². The van der Waals surface area contributed by atoms with E-state index in [1.54, 1.807) is 31.2 Å². The fraction of sp³-hybridized carbons (Fsp3) is 0.500. The van der Waals surface area contributed by atoms with Gasteiger partial charge in [-0.05, 0) is 37.1 Å². The maximum atomic E-state index is 11.4. The van der Waals surface area contributed by atoms with E-state index >= 15 is 0 Å². The molecule has 3 nitrogen and oxygen atoms in total. The molecule has 1 aromatic carbocycles. The summed E-state index contributed by atoms with van der Waals surface area (Å²) in [6.45, 7) is 7.17. The van der Waals surface area contributed by atoms with Crippen LogP contribution < -0.4 is 4.74 Å². The summed E-state index contributed by atoms with van der Waals surface area (Å²) in [7, 11) is 0. The zero-order valence-corrected chi connectivity index (χ0v) is 10.7. The number of hydrogen-bond donors (Lipinski definition) is 0. The van der Waals surface area contributed by atoms with Crippen molar-refractivity contribution in [1.82, 2.24) is 0 Å². The average Bonchev–Trinajstić information content (AvgIpc) is 2.36. The maximum absolute atomic E-state index is 11.4. The van der Waals surface area contributed by atoms with E-state index in [0.717, 1.165) is 12.2 Å². The summed E-state index contributed by atoms with van der Waals surface area (Å²) < 4.78 is 10.5. The molecule has 0 aliphatic rings. The molecule has 3 heteroatoms. The molecule has 1 aromatic rings. The third-order valence-corrected chi connectivity index (χ3v) is 2.60. The van der Waals surface area contributed by atoms with Crippen LogP contribution in [0.4, 0.5) is 0 Å². The second kappa shape index (κ2) is 6.94. The van der Waals surface area contributed by atoms with Gasteiger partial charge in [-0.2, -0.15) is 0 Å². The van der Waals surface area contributed by atoms with Crippen molar-refractivity contribution in [2.75, 3.05) is 13.2 Å². The first-order valence-corrected chi connectivity index (χ1v) is 6.07. The Morgan fingerprint density at radius 3 is 2.41 bits per heavy atom. The van der Waals surface area contributed by atoms with Crippen molar-refractivity contribution in [2.45, 2.75) is 27.2 Å². The van der Waals surface area contributed by atoms with Crippen LogP contribution in [0.5, 0.6) is 5.75 Å². The summed E-state index contributed by atoms with van der Waals surface area (Å²) in [6.07, 6.45) is 1.10. The monoisotopic (exact) mass is 236 g/mol. The van der Waals surface area contributed by atoms with E-state index < -0.39 is 0 Å². The number of carbonyl (C=O) groups excluding carboxylic acids is 1. The highest BCUT2D eigenvalue weighted by Crippen LogP contribution is 2.14. The molecule has 0 bridgehead atoms. The van der Waals surface area contributed by atoms with Gasteiger partial charge in [0.05, 0.1) is 18.8 Å². The molecule has 17 heavy (non-hydrogen) atoms. The Bertz CT molecular complexity index is 343. The van der Waals surface area contributed by atoms with Gasteiger partial charge >= 0.3 is 5.97 Å². The van der Waals surface area contributed by atoms with Crippen molar-refractivity contribution in [3.05, 3.63) is 29.8 Å². The van der Waals surface area contributed by atoms with Crippen molar-refractivity contribution < 1.29 is 14.3 Å². The van der Waals surface area contributed by atoms with Gasteiger partial charge < -0.3 is 9.47 Å². The number of esters is 1. The third-order valence-electron chi connectivity index (χ3n) is 2.60. The predicted molar refractivity (Wildman–Crippen MR) is 67.3 cm³/mol. The molecule has 1 rings (SSSR count). The van der Waals surface area contributed by atoms with Crippen LogP contribution in [-0.4, -0.2) is 19.2 Å². The summed E-state index contributed by atoms with van der Waals surface area (Å²) in [5, 5.41) is 0. The van der Waals surface area contributed by atoms with Crippen LogP contribution in [0.2, 0.25) is 0 Å². The zero-order valence-electron chi connectivity index (χ0n) is 10.7. The summed E-state index contributed by atoms with van der Waals surface area (Å²) in [5.41, 5.74) is 0.558. The molecular formula is C14H20O3. The lowest BCUT2D eigenvalue weighted by atomic mass is 10.1. The Labute approximate surface area is 103 Å². The molecule has 94 valence electrons. The van der Waals surface area contributed by atoms with Gasteiger partial charge in [0, 0.05) is 0 Å². The molecule has 0 aliphatic heterocycles. The second-order valence-corrected chi connectivity index (χ2v) is 4.07. The quantitative estimate of drug-likeness (QED) is 0.711. The molecule has 0 saturated carbocycles. The first-order chi connectivity index (χ1) is 8.17.